The first-order chi connectivity index (χ1) is 10.0. The molecule has 0 aliphatic heterocycles. The number of nitrogens with one attached hydrogen (secondary N) is 1. The van der Waals surface area contributed by atoms with Crippen LogP contribution in [0.4, 0.5) is 0 Å². The highest BCUT2D eigenvalue weighted by Crippen LogP contribution is 2.37. The van der Waals surface area contributed by atoms with E-state index in [1.807, 2.05) is 27.1 Å². The largest absolute Gasteiger partial charge is 0.465 e. The van der Waals surface area contributed by atoms with Crippen molar-refractivity contribution in [3.63, 3.8) is 0 Å². The van der Waals surface area contributed by atoms with Crippen LogP contribution in [0.25, 0.3) is 0 Å². The number of rotatable bonds is 5. The maximum atomic E-state index is 12.5. The number of hydrogen-bond donors (Lipinski definition) is 1. The fourth-order valence-corrected chi connectivity index (χ4v) is 3.39. The Labute approximate surface area is 127 Å². The van der Waals surface area contributed by atoms with Crippen LogP contribution in [0.1, 0.15) is 57.0 Å². The van der Waals surface area contributed by atoms with Gasteiger partial charge in [0.15, 0.2) is 0 Å². The van der Waals surface area contributed by atoms with Crippen molar-refractivity contribution in [3.8, 4) is 0 Å². The van der Waals surface area contributed by atoms with Gasteiger partial charge in [0.05, 0.1) is 18.6 Å². The first kappa shape index (κ1) is 16.0. The zero-order valence-corrected chi connectivity index (χ0v) is 13.6. The molecule has 0 spiro atoms. The molecule has 1 aliphatic carbocycles. The van der Waals surface area contributed by atoms with Crippen LogP contribution in [-0.2, 0) is 9.53 Å². The average molecular weight is 293 g/mol. The van der Waals surface area contributed by atoms with Crippen LogP contribution in [0.15, 0.2) is 6.33 Å². The molecule has 0 bridgehead atoms. The number of ether oxygens (including phenoxy) is 1. The molecule has 5 nitrogen and oxygen atoms in total. The van der Waals surface area contributed by atoms with Crippen molar-refractivity contribution in [1.29, 1.82) is 0 Å². The van der Waals surface area contributed by atoms with Crippen molar-refractivity contribution in [2.45, 2.75) is 65.0 Å². The standard InChI is InChI=1S/C16H27N3O2/c1-5-18-16(15(20)21-6-2)9-7-8-14(10-16)19-11-17-12(3)13(19)4/h11,14,18H,5-10H2,1-4H3. The van der Waals surface area contributed by atoms with Gasteiger partial charge in [-0.3, -0.25) is 4.79 Å². The first-order valence-electron chi connectivity index (χ1n) is 7.96. The lowest BCUT2D eigenvalue weighted by molar-refractivity contribution is -0.153. The molecule has 1 aliphatic rings. The van der Waals surface area contributed by atoms with Crippen molar-refractivity contribution in [2.24, 2.45) is 0 Å². The molecule has 118 valence electrons. The number of imidazole rings is 1. The normalized spacial score (nSPS) is 25.8. The minimum absolute atomic E-state index is 0.106. The number of esters is 1. The van der Waals surface area contributed by atoms with E-state index < -0.39 is 5.54 Å². The predicted octanol–water partition coefficient (Wildman–Crippen LogP) is 2.53. The Bertz CT molecular complexity index is 494. The summed E-state index contributed by atoms with van der Waals surface area (Å²) in [6.07, 6.45) is 5.64. The zero-order chi connectivity index (χ0) is 15.5. The lowest BCUT2D eigenvalue weighted by Crippen LogP contribution is -2.55. The Balaban J connectivity index is 2.24. The van der Waals surface area contributed by atoms with Gasteiger partial charge in [-0.1, -0.05) is 6.92 Å². The molecule has 1 heterocycles. The van der Waals surface area contributed by atoms with Crippen LogP contribution in [-0.4, -0.2) is 34.2 Å². The molecule has 1 N–H and O–H groups in total. The molecule has 1 saturated carbocycles. The summed E-state index contributed by atoms with van der Waals surface area (Å²) in [6.45, 7) is 9.22. The molecule has 0 amide bonds. The number of likely N-dealkylation sites (N-methyl/N-ethyl adjacent to an activating group) is 1. The third kappa shape index (κ3) is 3.12. The summed E-state index contributed by atoms with van der Waals surface area (Å²) in [6, 6.07) is 0.309. The summed E-state index contributed by atoms with van der Waals surface area (Å²) in [5, 5.41) is 3.40. The fourth-order valence-electron chi connectivity index (χ4n) is 3.39. The van der Waals surface area contributed by atoms with Crippen LogP contribution in [0.3, 0.4) is 0 Å². The second-order valence-corrected chi connectivity index (χ2v) is 5.91. The van der Waals surface area contributed by atoms with Crippen LogP contribution < -0.4 is 5.32 Å². The molecule has 1 fully saturated rings. The van der Waals surface area contributed by atoms with Crippen molar-refractivity contribution in [3.05, 3.63) is 17.7 Å². The molecule has 0 radical (unpaired) electrons. The highest BCUT2D eigenvalue weighted by Gasteiger charge is 2.44. The summed E-state index contributed by atoms with van der Waals surface area (Å²) in [5.74, 6) is -0.106. The molecule has 2 unspecified atom stereocenters. The van der Waals surface area contributed by atoms with E-state index in [1.165, 1.54) is 5.69 Å². The minimum Gasteiger partial charge on any atom is -0.465 e. The van der Waals surface area contributed by atoms with Gasteiger partial charge in [-0.25, -0.2) is 4.98 Å². The number of hydrogen-bond acceptors (Lipinski definition) is 4. The second kappa shape index (κ2) is 6.60. The molecule has 21 heavy (non-hydrogen) atoms. The van der Waals surface area contributed by atoms with Crippen molar-refractivity contribution in [2.75, 3.05) is 13.2 Å². The maximum absolute atomic E-state index is 12.5. The molecule has 2 atom stereocenters. The summed E-state index contributed by atoms with van der Waals surface area (Å²) in [4.78, 5) is 16.9. The van der Waals surface area contributed by atoms with Gasteiger partial charge >= 0.3 is 5.97 Å². The Morgan fingerprint density at radius 1 is 1.52 bits per heavy atom. The number of carbonyl (C=O) groups is 1. The van der Waals surface area contributed by atoms with E-state index in [0.29, 0.717) is 12.6 Å². The lowest BCUT2D eigenvalue weighted by atomic mass is 9.78. The highest BCUT2D eigenvalue weighted by molar-refractivity contribution is 5.81. The van der Waals surface area contributed by atoms with Gasteiger partial charge < -0.3 is 14.6 Å². The van der Waals surface area contributed by atoms with E-state index in [0.717, 1.165) is 37.9 Å². The predicted molar refractivity (Wildman–Crippen MR) is 82.2 cm³/mol. The molecule has 0 aromatic carbocycles. The molecular weight excluding hydrogens is 266 g/mol. The fraction of sp³-hybridized carbons (Fsp3) is 0.750. The monoisotopic (exact) mass is 293 g/mol. The molecular formula is C16H27N3O2. The first-order valence-corrected chi connectivity index (χ1v) is 7.96. The van der Waals surface area contributed by atoms with Gasteiger partial charge in [-0.05, 0) is 53.0 Å². The van der Waals surface area contributed by atoms with E-state index in [4.69, 9.17) is 4.74 Å². The SMILES string of the molecule is CCNC1(C(=O)OCC)CCCC(n2cnc(C)c2C)C1. The Morgan fingerprint density at radius 2 is 2.29 bits per heavy atom. The van der Waals surface area contributed by atoms with Gasteiger partial charge in [0.1, 0.15) is 5.54 Å². The molecule has 5 heteroatoms. The zero-order valence-electron chi connectivity index (χ0n) is 13.6. The third-order valence-corrected chi connectivity index (χ3v) is 4.59. The van der Waals surface area contributed by atoms with Crippen LogP contribution in [0, 0.1) is 13.8 Å². The lowest BCUT2D eigenvalue weighted by Gasteiger charge is -2.40. The molecule has 2 rings (SSSR count). The molecule has 1 aromatic heterocycles. The van der Waals surface area contributed by atoms with E-state index >= 15 is 0 Å². The number of carbonyl (C=O) groups excluding carboxylic acids is 1. The number of aromatic nitrogens is 2. The van der Waals surface area contributed by atoms with Crippen LogP contribution in [0.5, 0.6) is 0 Å². The smallest absolute Gasteiger partial charge is 0.326 e. The van der Waals surface area contributed by atoms with E-state index in [-0.39, 0.29) is 5.97 Å². The van der Waals surface area contributed by atoms with Gasteiger partial charge in [-0.15, -0.1) is 0 Å². The highest BCUT2D eigenvalue weighted by atomic mass is 16.5. The van der Waals surface area contributed by atoms with E-state index in [9.17, 15) is 4.79 Å². The van der Waals surface area contributed by atoms with Crippen LogP contribution in [0.2, 0.25) is 0 Å². The summed E-state index contributed by atoms with van der Waals surface area (Å²) >= 11 is 0. The van der Waals surface area contributed by atoms with Gasteiger partial charge in [0.25, 0.3) is 0 Å². The van der Waals surface area contributed by atoms with Gasteiger partial charge in [0.2, 0.25) is 0 Å². The topological polar surface area (TPSA) is 56.1 Å². The molecule has 0 saturated heterocycles. The average Bonchev–Trinajstić information content (AvgIpc) is 2.80. The summed E-state index contributed by atoms with van der Waals surface area (Å²) < 4.78 is 7.55. The Kier molecular flexibility index (Phi) is 5.04. The summed E-state index contributed by atoms with van der Waals surface area (Å²) in [5.41, 5.74) is 1.71. The van der Waals surface area contributed by atoms with Gasteiger partial charge in [0, 0.05) is 11.7 Å². The Morgan fingerprint density at radius 3 is 2.86 bits per heavy atom. The number of nitrogens with zero attached hydrogens (tertiary/aromatic N) is 2. The maximum Gasteiger partial charge on any atom is 0.326 e. The van der Waals surface area contributed by atoms with Crippen LogP contribution >= 0.6 is 0 Å². The molecule has 1 aromatic rings. The third-order valence-electron chi connectivity index (χ3n) is 4.59. The van der Waals surface area contributed by atoms with E-state index in [2.05, 4.69) is 21.8 Å². The Hall–Kier alpha value is -1.36. The van der Waals surface area contributed by atoms with Crippen molar-refractivity contribution in [1.82, 2.24) is 14.9 Å². The van der Waals surface area contributed by atoms with Gasteiger partial charge in [-0.2, -0.15) is 0 Å². The number of aryl methyl sites for hydroxylation is 1. The van der Waals surface area contributed by atoms with Crippen molar-refractivity contribution >= 4 is 5.97 Å². The second-order valence-electron chi connectivity index (χ2n) is 5.91. The van der Waals surface area contributed by atoms with E-state index in [1.54, 1.807) is 0 Å². The minimum atomic E-state index is -0.543. The quantitative estimate of drug-likeness (QED) is 0.848. The van der Waals surface area contributed by atoms with Crippen molar-refractivity contribution < 1.29 is 9.53 Å². The summed E-state index contributed by atoms with van der Waals surface area (Å²) in [7, 11) is 0.